The third kappa shape index (κ3) is 5.19. The first-order chi connectivity index (χ1) is 9.72. The first kappa shape index (κ1) is 16.5. The molecule has 1 atom stereocenters. The van der Waals surface area contributed by atoms with Gasteiger partial charge in [-0.2, -0.15) is 0 Å². The molecule has 0 amide bonds. The van der Waals surface area contributed by atoms with Crippen molar-refractivity contribution < 1.29 is 19.4 Å². The number of esters is 1. The number of carbonyl (C=O) groups is 1. The van der Waals surface area contributed by atoms with Crippen molar-refractivity contribution in [3.05, 3.63) is 29.8 Å². The van der Waals surface area contributed by atoms with Crippen molar-refractivity contribution in [2.45, 2.75) is 32.9 Å². The minimum atomic E-state index is -0.360. The fraction of sp³-hybridized carbons (Fsp3) is 0.533. The Morgan fingerprint density at radius 2 is 2.10 bits per heavy atom. The predicted molar refractivity (Wildman–Crippen MR) is 76.6 cm³/mol. The van der Waals surface area contributed by atoms with E-state index in [1.165, 1.54) is 0 Å². The molecule has 0 saturated heterocycles. The molecule has 1 unspecified atom stereocenters. The Bertz CT molecular complexity index is 409. The van der Waals surface area contributed by atoms with Crippen LogP contribution in [-0.4, -0.2) is 36.9 Å². The second-order valence-corrected chi connectivity index (χ2v) is 4.27. The summed E-state index contributed by atoms with van der Waals surface area (Å²) in [7, 11) is 0. The van der Waals surface area contributed by atoms with Gasteiger partial charge in [-0.1, -0.05) is 25.1 Å². The van der Waals surface area contributed by atoms with Gasteiger partial charge in [0, 0.05) is 12.0 Å². The summed E-state index contributed by atoms with van der Waals surface area (Å²) in [6.07, 6.45) is 0.520. The van der Waals surface area contributed by atoms with Gasteiger partial charge in [0.05, 0.1) is 19.8 Å². The number of para-hydroxylation sites is 1. The Labute approximate surface area is 119 Å². The largest absolute Gasteiger partial charge is 0.493 e. The number of ether oxygens (including phenoxy) is 2. The lowest BCUT2D eigenvalue weighted by molar-refractivity contribution is -0.146. The third-order valence-electron chi connectivity index (χ3n) is 2.83. The zero-order valence-corrected chi connectivity index (χ0v) is 12.1. The summed E-state index contributed by atoms with van der Waals surface area (Å²) in [5, 5.41) is 12.3. The minimum Gasteiger partial charge on any atom is -0.493 e. The van der Waals surface area contributed by atoms with Crippen LogP contribution < -0.4 is 10.1 Å². The molecule has 0 bridgehead atoms. The van der Waals surface area contributed by atoms with E-state index in [0.29, 0.717) is 31.9 Å². The van der Waals surface area contributed by atoms with Crippen molar-refractivity contribution in [3.63, 3.8) is 0 Å². The van der Waals surface area contributed by atoms with Crippen LogP contribution in [0, 0.1) is 0 Å². The van der Waals surface area contributed by atoms with E-state index < -0.39 is 0 Å². The molecule has 0 radical (unpaired) electrons. The maximum atomic E-state index is 11.7. The molecule has 5 nitrogen and oxygen atoms in total. The molecule has 0 aromatic heterocycles. The van der Waals surface area contributed by atoms with E-state index in [4.69, 9.17) is 9.47 Å². The lowest BCUT2D eigenvalue weighted by Gasteiger charge is -2.17. The lowest BCUT2D eigenvalue weighted by Crippen LogP contribution is -2.39. The van der Waals surface area contributed by atoms with Gasteiger partial charge in [-0.25, -0.2) is 0 Å². The molecule has 112 valence electrons. The molecule has 20 heavy (non-hydrogen) atoms. The molecular formula is C15H23NO4. The summed E-state index contributed by atoms with van der Waals surface area (Å²) in [5.74, 6) is 0.391. The number of benzene rings is 1. The highest BCUT2D eigenvalue weighted by molar-refractivity contribution is 5.75. The van der Waals surface area contributed by atoms with Crippen LogP contribution in [0.25, 0.3) is 0 Å². The van der Waals surface area contributed by atoms with Gasteiger partial charge >= 0.3 is 5.97 Å². The average molecular weight is 281 g/mol. The number of rotatable bonds is 9. The van der Waals surface area contributed by atoms with E-state index in [1.54, 1.807) is 13.0 Å². The fourth-order valence-electron chi connectivity index (χ4n) is 1.85. The van der Waals surface area contributed by atoms with Crippen molar-refractivity contribution in [2.24, 2.45) is 0 Å². The summed E-state index contributed by atoms with van der Waals surface area (Å²) < 4.78 is 10.6. The van der Waals surface area contributed by atoms with Gasteiger partial charge in [-0.15, -0.1) is 0 Å². The Hall–Kier alpha value is -1.59. The van der Waals surface area contributed by atoms with Gasteiger partial charge in [0.15, 0.2) is 0 Å². The lowest BCUT2D eigenvalue weighted by atomic mass is 10.2. The number of aliphatic hydroxyl groups is 1. The Balaban J connectivity index is 2.49. The standard InChI is InChI=1S/C15H23NO4/c1-3-16-13(15(18)19-4-2)9-10-20-14-8-6-5-7-12(14)11-17/h5-8,13,16-17H,3-4,9-11H2,1-2H3. The van der Waals surface area contributed by atoms with Gasteiger partial charge in [-0.3, -0.25) is 4.79 Å². The quantitative estimate of drug-likeness (QED) is 0.671. The van der Waals surface area contributed by atoms with Gasteiger partial charge in [0.1, 0.15) is 11.8 Å². The normalized spacial score (nSPS) is 11.9. The van der Waals surface area contributed by atoms with Gasteiger partial charge in [0.25, 0.3) is 0 Å². The zero-order chi connectivity index (χ0) is 14.8. The van der Waals surface area contributed by atoms with Crippen LogP contribution in [-0.2, 0) is 16.1 Å². The fourth-order valence-corrected chi connectivity index (χ4v) is 1.85. The molecule has 1 aromatic carbocycles. The number of hydrogen-bond donors (Lipinski definition) is 2. The van der Waals surface area contributed by atoms with Gasteiger partial charge in [-0.05, 0) is 19.5 Å². The number of hydrogen-bond acceptors (Lipinski definition) is 5. The summed E-state index contributed by atoms with van der Waals surface area (Å²) >= 11 is 0. The Morgan fingerprint density at radius 3 is 2.75 bits per heavy atom. The number of nitrogens with one attached hydrogen (secondary N) is 1. The van der Waals surface area contributed by atoms with Gasteiger partial charge in [0.2, 0.25) is 0 Å². The Morgan fingerprint density at radius 1 is 1.35 bits per heavy atom. The van der Waals surface area contributed by atoms with Crippen LogP contribution in [0.1, 0.15) is 25.8 Å². The van der Waals surface area contributed by atoms with E-state index in [0.717, 1.165) is 5.56 Å². The molecule has 0 saturated carbocycles. The van der Waals surface area contributed by atoms with Crippen molar-refractivity contribution in [3.8, 4) is 5.75 Å². The second-order valence-electron chi connectivity index (χ2n) is 4.27. The minimum absolute atomic E-state index is 0.0648. The highest BCUT2D eigenvalue weighted by Gasteiger charge is 2.18. The summed E-state index contributed by atoms with van der Waals surface area (Å²) in [4.78, 5) is 11.7. The van der Waals surface area contributed by atoms with Crippen molar-refractivity contribution in [2.75, 3.05) is 19.8 Å². The van der Waals surface area contributed by atoms with Crippen molar-refractivity contribution in [1.82, 2.24) is 5.32 Å². The number of aliphatic hydroxyl groups excluding tert-OH is 1. The van der Waals surface area contributed by atoms with E-state index in [1.807, 2.05) is 25.1 Å². The van der Waals surface area contributed by atoms with E-state index in [-0.39, 0.29) is 18.6 Å². The maximum Gasteiger partial charge on any atom is 0.323 e. The van der Waals surface area contributed by atoms with Crippen LogP contribution >= 0.6 is 0 Å². The highest BCUT2D eigenvalue weighted by atomic mass is 16.5. The number of likely N-dealkylation sites (N-methyl/N-ethyl adjacent to an activating group) is 1. The Kier molecular flexibility index (Phi) is 7.69. The third-order valence-corrected chi connectivity index (χ3v) is 2.83. The zero-order valence-electron chi connectivity index (χ0n) is 12.1. The van der Waals surface area contributed by atoms with E-state index in [9.17, 15) is 9.90 Å². The first-order valence-electron chi connectivity index (χ1n) is 6.94. The SMILES string of the molecule is CCNC(CCOc1ccccc1CO)C(=O)OCC. The van der Waals surface area contributed by atoms with Crippen molar-refractivity contribution in [1.29, 1.82) is 0 Å². The molecule has 0 fully saturated rings. The first-order valence-corrected chi connectivity index (χ1v) is 6.94. The van der Waals surface area contributed by atoms with Crippen LogP contribution in [0.3, 0.4) is 0 Å². The van der Waals surface area contributed by atoms with E-state index in [2.05, 4.69) is 5.32 Å². The van der Waals surface area contributed by atoms with Crippen LogP contribution in [0.15, 0.2) is 24.3 Å². The van der Waals surface area contributed by atoms with Crippen molar-refractivity contribution >= 4 is 5.97 Å². The van der Waals surface area contributed by atoms with E-state index >= 15 is 0 Å². The molecule has 0 spiro atoms. The molecule has 0 aliphatic carbocycles. The highest BCUT2D eigenvalue weighted by Crippen LogP contribution is 2.17. The maximum absolute atomic E-state index is 11.7. The van der Waals surface area contributed by atoms with Gasteiger partial charge < -0.3 is 19.9 Å². The molecule has 0 aliphatic rings. The van der Waals surface area contributed by atoms with Crippen LogP contribution in [0.5, 0.6) is 5.75 Å². The summed E-state index contributed by atoms with van der Waals surface area (Å²) in [6, 6.07) is 6.95. The average Bonchev–Trinajstić information content (AvgIpc) is 2.47. The molecule has 0 aliphatic heterocycles. The number of carbonyl (C=O) groups excluding carboxylic acids is 1. The predicted octanol–water partition coefficient (Wildman–Crippen LogP) is 1.49. The second kappa shape index (κ2) is 9.34. The molecule has 5 heteroatoms. The molecule has 0 heterocycles. The summed E-state index contributed by atoms with van der Waals surface area (Å²) in [5.41, 5.74) is 0.739. The molecule has 2 N–H and O–H groups in total. The summed E-state index contributed by atoms with van der Waals surface area (Å²) in [6.45, 7) is 5.10. The molecular weight excluding hydrogens is 258 g/mol. The monoisotopic (exact) mass is 281 g/mol. The topological polar surface area (TPSA) is 67.8 Å². The van der Waals surface area contributed by atoms with Crippen LogP contribution in [0.2, 0.25) is 0 Å². The molecule has 1 aromatic rings. The van der Waals surface area contributed by atoms with Crippen LogP contribution in [0.4, 0.5) is 0 Å². The smallest absolute Gasteiger partial charge is 0.323 e. The molecule has 1 rings (SSSR count).